The number of aliphatic hydroxyl groups excluding tert-OH is 2. The van der Waals surface area contributed by atoms with Crippen molar-refractivity contribution in [3.05, 3.63) is 21.4 Å². The van der Waals surface area contributed by atoms with E-state index in [1.807, 2.05) is 0 Å². The van der Waals surface area contributed by atoms with Crippen molar-refractivity contribution in [2.24, 2.45) is 0 Å². The van der Waals surface area contributed by atoms with Crippen LogP contribution in [-0.4, -0.2) is 27.9 Å². The Morgan fingerprint density at radius 2 is 1.73 bits per heavy atom. The van der Waals surface area contributed by atoms with E-state index in [-0.39, 0.29) is 17.0 Å². The number of carbonyl (C=O) groups excluding carboxylic acids is 2. The molecule has 6 heteroatoms. The lowest BCUT2D eigenvalue weighted by atomic mass is 9.96. The van der Waals surface area contributed by atoms with Gasteiger partial charge in [0.2, 0.25) is 11.6 Å². The Labute approximate surface area is 95.8 Å². The summed E-state index contributed by atoms with van der Waals surface area (Å²) in [5.74, 6) is -2.50. The predicted molar refractivity (Wildman–Crippen MR) is 54.7 cm³/mol. The van der Waals surface area contributed by atoms with E-state index < -0.39 is 28.5 Å². The van der Waals surface area contributed by atoms with Crippen molar-refractivity contribution < 1.29 is 19.8 Å². The molecule has 0 bridgehead atoms. The maximum atomic E-state index is 11.4. The van der Waals surface area contributed by atoms with Gasteiger partial charge in [0.05, 0.1) is 11.1 Å². The van der Waals surface area contributed by atoms with Gasteiger partial charge in [-0.3, -0.25) is 9.59 Å². The van der Waals surface area contributed by atoms with Gasteiger partial charge in [-0.2, -0.15) is 0 Å². The Bertz CT molecular complexity index is 393. The highest BCUT2D eigenvalue weighted by Crippen LogP contribution is 2.31. The van der Waals surface area contributed by atoms with Crippen molar-refractivity contribution in [1.29, 1.82) is 0 Å². The number of rotatable bonds is 2. The summed E-state index contributed by atoms with van der Waals surface area (Å²) in [6, 6.07) is 0. The molecular formula is C9H8Cl2O4. The maximum absolute atomic E-state index is 11.4. The Kier molecular flexibility index (Phi) is 3.54. The van der Waals surface area contributed by atoms with E-state index in [0.717, 1.165) is 0 Å². The number of allylic oxidation sites excluding steroid dienone is 2. The lowest BCUT2D eigenvalue weighted by Crippen LogP contribution is -2.25. The zero-order valence-corrected chi connectivity index (χ0v) is 9.26. The van der Waals surface area contributed by atoms with Gasteiger partial charge in [-0.15, -0.1) is 0 Å². The standard InChI is InChI=1S/C9H8Cl2O4/c1-3(12)2-4-5(10)8(14)6(11)9(15)7(4)13/h3,12,14H,2H2,1H3/t3-/m1/s1. The lowest BCUT2D eigenvalue weighted by molar-refractivity contribution is -0.132. The molecule has 1 aliphatic carbocycles. The average molecular weight is 251 g/mol. The predicted octanol–water partition coefficient (Wildman–Crippen LogP) is 1.41. The van der Waals surface area contributed by atoms with E-state index in [1.54, 1.807) is 0 Å². The minimum absolute atomic E-state index is 0.0996. The van der Waals surface area contributed by atoms with E-state index in [4.69, 9.17) is 28.3 Å². The van der Waals surface area contributed by atoms with Gasteiger partial charge >= 0.3 is 0 Å². The number of hydrogen-bond acceptors (Lipinski definition) is 4. The van der Waals surface area contributed by atoms with Crippen LogP contribution in [-0.2, 0) is 9.59 Å². The highest BCUT2D eigenvalue weighted by atomic mass is 35.5. The van der Waals surface area contributed by atoms with E-state index in [1.165, 1.54) is 6.92 Å². The summed E-state index contributed by atoms with van der Waals surface area (Å²) in [7, 11) is 0. The fraction of sp³-hybridized carbons (Fsp3) is 0.333. The van der Waals surface area contributed by atoms with Crippen molar-refractivity contribution in [1.82, 2.24) is 0 Å². The molecule has 1 atom stereocenters. The van der Waals surface area contributed by atoms with Crippen molar-refractivity contribution in [2.75, 3.05) is 0 Å². The third-order valence-corrected chi connectivity index (χ3v) is 2.62. The summed E-state index contributed by atoms with van der Waals surface area (Å²) in [5.41, 5.74) is -0.112. The molecule has 0 unspecified atom stereocenters. The Hall–Kier alpha value is -0.840. The molecule has 15 heavy (non-hydrogen) atoms. The van der Waals surface area contributed by atoms with Gasteiger partial charge in [0, 0.05) is 12.0 Å². The first kappa shape index (κ1) is 12.2. The zero-order chi connectivity index (χ0) is 11.7. The van der Waals surface area contributed by atoms with Crippen LogP contribution >= 0.6 is 23.2 Å². The second-order valence-corrected chi connectivity index (χ2v) is 3.92. The molecule has 82 valence electrons. The molecule has 0 aromatic heterocycles. The van der Waals surface area contributed by atoms with E-state index in [2.05, 4.69) is 0 Å². The van der Waals surface area contributed by atoms with Crippen LogP contribution in [0.4, 0.5) is 0 Å². The third-order valence-electron chi connectivity index (χ3n) is 1.86. The number of carbonyl (C=O) groups is 2. The number of halogens is 2. The number of aliphatic hydroxyl groups is 2. The Morgan fingerprint density at radius 1 is 1.20 bits per heavy atom. The molecule has 1 aliphatic rings. The van der Waals surface area contributed by atoms with Crippen molar-refractivity contribution >= 4 is 34.8 Å². The summed E-state index contributed by atoms with van der Waals surface area (Å²) in [4.78, 5) is 22.6. The second kappa shape index (κ2) is 4.35. The quantitative estimate of drug-likeness (QED) is 0.574. The van der Waals surface area contributed by atoms with E-state index in [0.29, 0.717) is 0 Å². The fourth-order valence-electron chi connectivity index (χ4n) is 1.16. The van der Waals surface area contributed by atoms with Gasteiger partial charge in [0.15, 0.2) is 5.76 Å². The normalized spacial score (nSPS) is 20.0. The van der Waals surface area contributed by atoms with Crippen LogP contribution in [0.5, 0.6) is 0 Å². The van der Waals surface area contributed by atoms with Crippen LogP contribution in [0.15, 0.2) is 21.4 Å². The summed E-state index contributed by atoms with van der Waals surface area (Å²) in [6.07, 6.45) is -0.937. The smallest absolute Gasteiger partial charge is 0.248 e. The average Bonchev–Trinajstić information content (AvgIpc) is 2.18. The molecule has 1 rings (SSSR count). The van der Waals surface area contributed by atoms with Gasteiger partial charge in [-0.05, 0) is 6.92 Å². The summed E-state index contributed by atoms with van der Waals surface area (Å²) in [5, 5.41) is 17.6. The van der Waals surface area contributed by atoms with Crippen LogP contribution < -0.4 is 0 Å². The van der Waals surface area contributed by atoms with Crippen LogP contribution in [0, 0.1) is 0 Å². The van der Waals surface area contributed by atoms with E-state index >= 15 is 0 Å². The largest absolute Gasteiger partial charge is 0.505 e. The third kappa shape index (κ3) is 2.22. The van der Waals surface area contributed by atoms with Gasteiger partial charge in [-0.25, -0.2) is 0 Å². The van der Waals surface area contributed by atoms with Gasteiger partial charge in [0.1, 0.15) is 5.03 Å². The molecule has 0 heterocycles. The molecule has 2 N–H and O–H groups in total. The molecule has 0 radical (unpaired) electrons. The van der Waals surface area contributed by atoms with Gasteiger partial charge in [-0.1, -0.05) is 23.2 Å². The molecule has 0 aromatic carbocycles. The zero-order valence-electron chi connectivity index (χ0n) is 7.75. The number of hydrogen-bond donors (Lipinski definition) is 2. The minimum atomic E-state index is -1.01. The Balaban J connectivity index is 3.22. The molecule has 4 nitrogen and oxygen atoms in total. The van der Waals surface area contributed by atoms with Crippen molar-refractivity contribution in [2.45, 2.75) is 19.4 Å². The molecule has 0 spiro atoms. The molecule has 0 saturated carbocycles. The van der Waals surface area contributed by atoms with Crippen molar-refractivity contribution in [3.63, 3.8) is 0 Å². The number of Topliss-reactive ketones (excluding diaryl/α,β-unsaturated/α-hetero) is 2. The first-order valence-corrected chi connectivity index (χ1v) is 4.86. The molecule has 0 aromatic rings. The first-order valence-electron chi connectivity index (χ1n) is 4.11. The van der Waals surface area contributed by atoms with Crippen LogP contribution in [0.25, 0.3) is 0 Å². The highest BCUT2D eigenvalue weighted by Gasteiger charge is 2.33. The monoisotopic (exact) mass is 250 g/mol. The summed E-state index contributed by atoms with van der Waals surface area (Å²) >= 11 is 11.0. The topological polar surface area (TPSA) is 74.6 Å². The van der Waals surface area contributed by atoms with Gasteiger partial charge in [0.25, 0.3) is 0 Å². The molecule has 0 saturated heterocycles. The maximum Gasteiger partial charge on any atom is 0.248 e. The Morgan fingerprint density at radius 3 is 2.20 bits per heavy atom. The SMILES string of the molecule is C[C@@H](O)CC1=C(Cl)C(O)=C(Cl)C(=O)C1=O. The second-order valence-electron chi connectivity index (χ2n) is 3.17. The van der Waals surface area contributed by atoms with Gasteiger partial charge < -0.3 is 10.2 Å². The van der Waals surface area contributed by atoms with Crippen LogP contribution in [0.2, 0.25) is 0 Å². The lowest BCUT2D eigenvalue weighted by Gasteiger charge is -2.15. The van der Waals surface area contributed by atoms with Crippen molar-refractivity contribution in [3.8, 4) is 0 Å². The number of ketones is 2. The van der Waals surface area contributed by atoms with E-state index in [9.17, 15) is 14.7 Å². The molecular weight excluding hydrogens is 243 g/mol. The fourth-order valence-corrected chi connectivity index (χ4v) is 1.65. The molecule has 0 fully saturated rings. The summed E-state index contributed by atoms with van der Waals surface area (Å²) < 4.78 is 0. The van der Waals surface area contributed by atoms with Crippen LogP contribution in [0.3, 0.4) is 0 Å². The molecule has 0 amide bonds. The minimum Gasteiger partial charge on any atom is -0.505 e. The van der Waals surface area contributed by atoms with Crippen LogP contribution in [0.1, 0.15) is 13.3 Å². The highest BCUT2D eigenvalue weighted by molar-refractivity contribution is 6.63. The summed E-state index contributed by atoms with van der Waals surface area (Å²) in [6.45, 7) is 1.44. The molecule has 0 aliphatic heterocycles. The first-order chi connectivity index (χ1) is 6.86.